The normalized spacial score (nSPS) is 17.5. The minimum absolute atomic E-state index is 0. The summed E-state index contributed by atoms with van der Waals surface area (Å²) in [7, 11) is -8.62. The summed E-state index contributed by atoms with van der Waals surface area (Å²) in [6.45, 7) is 4.77. The van der Waals surface area contributed by atoms with Crippen LogP contribution in [0.1, 0.15) is 33.6 Å². The van der Waals surface area contributed by atoms with Crippen LogP contribution in [0.3, 0.4) is 0 Å². The van der Waals surface area contributed by atoms with Crippen molar-refractivity contribution >= 4 is 75.5 Å². The molecule has 0 heterocycles. The van der Waals surface area contributed by atoms with E-state index in [1.165, 1.54) is 0 Å². The Morgan fingerprint density at radius 1 is 1.11 bits per heavy atom. The maximum atomic E-state index is 11.2. The second-order valence-electron chi connectivity index (χ2n) is 3.37. The molecule has 0 aromatic carbocycles. The molecule has 0 radical (unpaired) electrons. The summed E-state index contributed by atoms with van der Waals surface area (Å²) in [6.07, 6.45) is 0.323. The first kappa shape index (κ1) is 22.7. The van der Waals surface area contributed by atoms with Crippen molar-refractivity contribution in [3.63, 3.8) is 0 Å². The monoisotopic (exact) mass is 362 g/mol. The number of hydrogen-bond donors (Lipinski definition) is 2. The fourth-order valence-electron chi connectivity index (χ4n) is 1.22. The third-order valence-corrected chi connectivity index (χ3v) is 11.9. The van der Waals surface area contributed by atoms with Gasteiger partial charge in [-0.15, -0.1) is 9.52 Å². The first-order chi connectivity index (χ1) is 8.07. The summed E-state index contributed by atoms with van der Waals surface area (Å²) in [5.41, 5.74) is 0. The number of rotatable bonds is 7. The Hall–Kier alpha value is 1.39. The van der Waals surface area contributed by atoms with Crippen molar-refractivity contribution in [2.24, 2.45) is 0 Å². The number of hydrogen-bond acceptors (Lipinski definition) is 5. The Kier molecular flexibility index (Phi) is 11.2. The van der Waals surface area contributed by atoms with Crippen LogP contribution in [-0.2, 0) is 20.2 Å². The molecule has 0 aliphatic carbocycles. The molecule has 0 fully saturated rings. The maximum absolute atomic E-state index is 11.2. The Labute approximate surface area is 143 Å². The van der Waals surface area contributed by atoms with E-state index >= 15 is 0 Å². The van der Waals surface area contributed by atoms with Gasteiger partial charge in [0.15, 0.2) is 0 Å². The predicted molar refractivity (Wildman–Crippen MR) is 85.3 cm³/mol. The zero-order valence-electron chi connectivity index (χ0n) is 10.3. The van der Waals surface area contributed by atoms with Gasteiger partial charge in [-0.25, -0.2) is 0 Å². The van der Waals surface area contributed by atoms with Crippen LogP contribution < -0.4 is 0 Å². The van der Waals surface area contributed by atoms with E-state index in [1.807, 2.05) is 0 Å². The van der Waals surface area contributed by atoms with Gasteiger partial charge in [-0.1, -0.05) is 30.0 Å². The standard InChI is InChI=1S/C8H18O6S4.Na.H/c1-4-7(17(9,10)11)15-16(6-3)8(5-2)18(12,13)14;;/h6-8H,4-5H2,1-3H3,(H,9,10,11)(H,12,13,14);;. The van der Waals surface area contributed by atoms with E-state index in [0.29, 0.717) is 0 Å². The van der Waals surface area contributed by atoms with Crippen molar-refractivity contribution < 1.29 is 25.9 Å². The van der Waals surface area contributed by atoms with Gasteiger partial charge in [0.25, 0.3) is 20.2 Å². The van der Waals surface area contributed by atoms with Crippen LogP contribution in [0.25, 0.3) is 0 Å². The molecule has 6 nitrogen and oxygen atoms in total. The van der Waals surface area contributed by atoms with Gasteiger partial charge in [0, 0.05) is 0 Å². The molecule has 0 saturated heterocycles. The summed E-state index contributed by atoms with van der Waals surface area (Å²) in [5.74, 6) is 0. The molecule has 0 spiro atoms. The van der Waals surface area contributed by atoms with Crippen molar-refractivity contribution in [2.45, 2.75) is 42.8 Å². The van der Waals surface area contributed by atoms with Crippen LogP contribution in [0, 0.1) is 0 Å². The fourth-order valence-corrected chi connectivity index (χ4v) is 10.3. The van der Waals surface area contributed by atoms with E-state index in [-0.39, 0.29) is 42.4 Å². The van der Waals surface area contributed by atoms with Crippen molar-refractivity contribution in [2.75, 3.05) is 0 Å². The van der Waals surface area contributed by atoms with Crippen molar-refractivity contribution in [3.05, 3.63) is 0 Å². The average molecular weight is 362 g/mol. The molecule has 0 rings (SSSR count). The van der Waals surface area contributed by atoms with Gasteiger partial charge < -0.3 is 0 Å². The summed E-state index contributed by atoms with van der Waals surface area (Å²) in [4.78, 5) is 0. The van der Waals surface area contributed by atoms with Crippen LogP contribution >= 0.6 is 20.3 Å². The van der Waals surface area contributed by atoms with Crippen LogP contribution in [0.15, 0.2) is 0 Å². The molecule has 3 unspecified atom stereocenters. The molecule has 112 valence electrons. The molecule has 0 aromatic heterocycles. The average Bonchev–Trinajstić information content (AvgIpc) is 2.20. The molecule has 0 aromatic rings. The Morgan fingerprint density at radius 3 is 1.79 bits per heavy atom. The second-order valence-corrected chi connectivity index (χ2v) is 11.4. The van der Waals surface area contributed by atoms with Gasteiger partial charge >= 0.3 is 29.6 Å². The van der Waals surface area contributed by atoms with Crippen LogP contribution in [-0.4, -0.2) is 70.0 Å². The van der Waals surface area contributed by atoms with Gasteiger partial charge in [0.05, 0.1) is 0 Å². The first-order valence-electron chi connectivity index (χ1n) is 5.19. The minimum atomic E-state index is -4.24. The fraction of sp³-hybridized carbons (Fsp3) is 0.875. The molecule has 0 saturated carbocycles. The van der Waals surface area contributed by atoms with Gasteiger partial charge in [0.2, 0.25) is 0 Å². The molecule has 0 aliphatic heterocycles. The van der Waals surface area contributed by atoms with Crippen molar-refractivity contribution in [3.8, 4) is 0 Å². The van der Waals surface area contributed by atoms with E-state index in [2.05, 4.69) is 0 Å². The summed E-state index contributed by atoms with van der Waals surface area (Å²) >= 11 is 0. The molecule has 11 heteroatoms. The molecule has 0 amide bonds. The molecular formula is C8H19NaO6S4. The van der Waals surface area contributed by atoms with Crippen LogP contribution in [0.2, 0.25) is 0 Å². The topological polar surface area (TPSA) is 109 Å². The Bertz CT molecular complexity index is 497. The van der Waals surface area contributed by atoms with Crippen molar-refractivity contribution in [1.82, 2.24) is 0 Å². The third kappa shape index (κ3) is 7.82. The van der Waals surface area contributed by atoms with E-state index in [0.717, 1.165) is 10.8 Å². The zero-order valence-corrected chi connectivity index (χ0v) is 13.6. The van der Waals surface area contributed by atoms with E-state index < -0.39 is 38.9 Å². The molecular weight excluding hydrogens is 343 g/mol. The first-order valence-corrected chi connectivity index (χ1v) is 10.9. The van der Waals surface area contributed by atoms with Crippen LogP contribution in [0.5, 0.6) is 0 Å². The summed E-state index contributed by atoms with van der Waals surface area (Å²) in [5, 5.41) is 1.54. The molecule has 0 aliphatic rings. The Balaban J connectivity index is 0. The second kappa shape index (κ2) is 9.42. The molecule has 0 bridgehead atoms. The van der Waals surface area contributed by atoms with E-state index in [1.54, 1.807) is 26.1 Å². The van der Waals surface area contributed by atoms with E-state index in [4.69, 9.17) is 9.11 Å². The molecule has 3 atom stereocenters. The van der Waals surface area contributed by atoms with E-state index in [9.17, 15) is 16.8 Å². The van der Waals surface area contributed by atoms with Gasteiger partial charge in [0.1, 0.15) is 9.16 Å². The third-order valence-electron chi connectivity index (χ3n) is 2.04. The SMILES string of the molecule is CC=S(SC(CC)S(=O)(=O)O)C(CC)S(=O)(=O)O.[NaH]. The van der Waals surface area contributed by atoms with Crippen LogP contribution in [0.4, 0.5) is 0 Å². The van der Waals surface area contributed by atoms with Crippen molar-refractivity contribution in [1.29, 1.82) is 0 Å². The van der Waals surface area contributed by atoms with Gasteiger partial charge in [-0.2, -0.15) is 16.8 Å². The summed E-state index contributed by atoms with van der Waals surface area (Å²) in [6, 6.07) is 0. The van der Waals surface area contributed by atoms with Gasteiger partial charge in [-0.05, 0) is 19.8 Å². The molecule has 19 heavy (non-hydrogen) atoms. The predicted octanol–water partition coefficient (Wildman–Crippen LogP) is 1.32. The van der Waals surface area contributed by atoms with Gasteiger partial charge in [-0.3, -0.25) is 9.11 Å². The zero-order chi connectivity index (χ0) is 14.6. The quantitative estimate of drug-likeness (QED) is 0.304. The molecule has 2 N–H and O–H groups in total. The summed E-state index contributed by atoms with van der Waals surface area (Å²) < 4.78 is 60.5. The Morgan fingerprint density at radius 2 is 1.58 bits per heavy atom.